The van der Waals surface area contributed by atoms with Crippen LogP contribution in [-0.2, 0) is 0 Å². The summed E-state index contributed by atoms with van der Waals surface area (Å²) in [6.07, 6.45) is 2.70. The molecule has 3 fully saturated rings. The number of fused-ring (bicyclic) bond motifs is 3. The van der Waals surface area contributed by atoms with Crippen LogP contribution in [0.5, 0.6) is 0 Å². The Labute approximate surface area is 87.2 Å². The third-order valence-corrected chi connectivity index (χ3v) is 4.78. The summed E-state index contributed by atoms with van der Waals surface area (Å²) in [5.74, 6) is 1.95. The quantitative estimate of drug-likeness (QED) is 0.532. The van der Waals surface area contributed by atoms with E-state index in [1.54, 1.807) is 0 Å². The van der Waals surface area contributed by atoms with E-state index in [1.165, 1.54) is 31.5 Å². The van der Waals surface area contributed by atoms with E-state index in [9.17, 15) is 0 Å². The van der Waals surface area contributed by atoms with Crippen LogP contribution in [0.2, 0.25) is 0 Å². The van der Waals surface area contributed by atoms with Crippen molar-refractivity contribution in [3.8, 4) is 0 Å². The third-order valence-electron chi connectivity index (χ3n) is 4.78. The van der Waals surface area contributed by atoms with E-state index >= 15 is 0 Å². The normalized spacial score (nSPS) is 46.6. The second kappa shape index (κ2) is 2.27. The molecule has 2 saturated heterocycles. The standard InChI is InChI=1S/C13H21N/c1-9-5-6-14-8-10-7-11(10)13(9,14)12(2,3)4/h10-11H,1,5-8H2,2-4H3/t10-,11-,13?/m0/s1. The van der Waals surface area contributed by atoms with Gasteiger partial charge in [0.05, 0.1) is 0 Å². The van der Waals surface area contributed by atoms with Gasteiger partial charge in [0.1, 0.15) is 0 Å². The second-order valence-electron chi connectivity index (χ2n) is 6.42. The van der Waals surface area contributed by atoms with Crippen LogP contribution in [0.15, 0.2) is 12.2 Å². The Bertz CT molecular complexity index is 299. The van der Waals surface area contributed by atoms with Crippen molar-refractivity contribution in [2.45, 2.75) is 39.2 Å². The Balaban J connectivity index is 2.11. The van der Waals surface area contributed by atoms with E-state index in [1.807, 2.05) is 0 Å². The fraction of sp³-hybridized carbons (Fsp3) is 0.846. The van der Waals surface area contributed by atoms with Crippen molar-refractivity contribution >= 4 is 0 Å². The number of rotatable bonds is 0. The van der Waals surface area contributed by atoms with Crippen LogP contribution in [0.3, 0.4) is 0 Å². The van der Waals surface area contributed by atoms with Gasteiger partial charge in [-0.3, -0.25) is 4.90 Å². The van der Waals surface area contributed by atoms with Gasteiger partial charge in [-0.2, -0.15) is 0 Å². The zero-order chi connectivity index (χ0) is 10.1. The maximum Gasteiger partial charge on any atom is 0.0498 e. The topological polar surface area (TPSA) is 3.24 Å². The summed E-state index contributed by atoms with van der Waals surface area (Å²) in [4.78, 5) is 2.73. The molecule has 0 N–H and O–H groups in total. The molecular weight excluding hydrogens is 170 g/mol. The van der Waals surface area contributed by atoms with Gasteiger partial charge in [-0.15, -0.1) is 0 Å². The lowest BCUT2D eigenvalue weighted by Crippen LogP contribution is -2.53. The van der Waals surface area contributed by atoms with Crippen molar-refractivity contribution in [2.75, 3.05) is 13.1 Å². The number of hydrogen-bond donors (Lipinski definition) is 0. The largest absolute Gasteiger partial charge is 0.293 e. The molecule has 2 aliphatic heterocycles. The van der Waals surface area contributed by atoms with Crippen LogP contribution < -0.4 is 0 Å². The molecule has 2 heterocycles. The lowest BCUT2D eigenvalue weighted by molar-refractivity contribution is 0.0656. The predicted molar refractivity (Wildman–Crippen MR) is 59.1 cm³/mol. The fourth-order valence-corrected chi connectivity index (χ4v) is 4.40. The highest BCUT2D eigenvalue weighted by molar-refractivity contribution is 5.36. The summed E-state index contributed by atoms with van der Waals surface area (Å²) in [5, 5.41) is 0. The summed E-state index contributed by atoms with van der Waals surface area (Å²) >= 11 is 0. The minimum absolute atomic E-state index is 0.372. The summed E-state index contributed by atoms with van der Waals surface area (Å²) < 4.78 is 0. The minimum atomic E-state index is 0.372. The Morgan fingerprint density at radius 1 is 1.43 bits per heavy atom. The number of nitrogens with zero attached hydrogens (tertiary/aromatic N) is 1. The maximum absolute atomic E-state index is 4.37. The molecule has 3 atom stereocenters. The van der Waals surface area contributed by atoms with Crippen LogP contribution in [-0.4, -0.2) is 23.5 Å². The number of piperidine rings is 1. The molecule has 0 aromatic carbocycles. The highest BCUT2D eigenvalue weighted by atomic mass is 15.3. The van der Waals surface area contributed by atoms with E-state index < -0.39 is 0 Å². The van der Waals surface area contributed by atoms with E-state index in [0.717, 1.165) is 11.8 Å². The summed E-state index contributed by atoms with van der Waals surface area (Å²) in [5.41, 5.74) is 2.27. The first kappa shape index (κ1) is 8.96. The Hall–Kier alpha value is -0.300. The average Bonchev–Trinajstić information content (AvgIpc) is 2.59. The van der Waals surface area contributed by atoms with Gasteiger partial charge in [0, 0.05) is 18.6 Å². The molecule has 1 saturated carbocycles. The van der Waals surface area contributed by atoms with Crippen molar-refractivity contribution < 1.29 is 0 Å². The Morgan fingerprint density at radius 3 is 2.71 bits per heavy atom. The van der Waals surface area contributed by atoms with Crippen molar-refractivity contribution in [3.63, 3.8) is 0 Å². The van der Waals surface area contributed by atoms with Gasteiger partial charge < -0.3 is 0 Å². The number of hydrogen-bond acceptors (Lipinski definition) is 1. The molecule has 3 aliphatic rings. The van der Waals surface area contributed by atoms with Crippen LogP contribution in [0.25, 0.3) is 0 Å². The van der Waals surface area contributed by atoms with Gasteiger partial charge in [-0.1, -0.05) is 32.9 Å². The molecular formula is C13H21N. The van der Waals surface area contributed by atoms with E-state index in [2.05, 4.69) is 32.3 Å². The second-order valence-corrected chi connectivity index (χ2v) is 6.42. The van der Waals surface area contributed by atoms with Crippen molar-refractivity contribution in [1.29, 1.82) is 0 Å². The molecule has 0 aromatic heterocycles. The van der Waals surface area contributed by atoms with E-state index in [4.69, 9.17) is 0 Å². The van der Waals surface area contributed by atoms with Gasteiger partial charge in [0.2, 0.25) is 0 Å². The maximum atomic E-state index is 4.37. The zero-order valence-corrected chi connectivity index (χ0v) is 9.64. The molecule has 1 heteroatoms. The van der Waals surface area contributed by atoms with Crippen LogP contribution in [0.4, 0.5) is 0 Å². The molecule has 0 aromatic rings. The smallest absolute Gasteiger partial charge is 0.0498 e. The van der Waals surface area contributed by atoms with Gasteiger partial charge in [0.25, 0.3) is 0 Å². The first-order valence-corrected chi connectivity index (χ1v) is 5.91. The zero-order valence-electron chi connectivity index (χ0n) is 9.64. The molecule has 0 bridgehead atoms. The molecule has 0 amide bonds. The monoisotopic (exact) mass is 191 g/mol. The predicted octanol–water partition coefficient (Wildman–Crippen LogP) is 2.68. The molecule has 14 heavy (non-hydrogen) atoms. The van der Waals surface area contributed by atoms with E-state index in [0.29, 0.717) is 11.0 Å². The van der Waals surface area contributed by atoms with E-state index in [-0.39, 0.29) is 0 Å². The highest BCUT2D eigenvalue weighted by Crippen LogP contribution is 2.66. The molecule has 1 aliphatic carbocycles. The summed E-state index contributed by atoms with van der Waals surface area (Å²) in [6.45, 7) is 14.2. The van der Waals surface area contributed by atoms with Gasteiger partial charge in [-0.25, -0.2) is 0 Å². The molecule has 78 valence electrons. The van der Waals surface area contributed by atoms with Crippen LogP contribution >= 0.6 is 0 Å². The van der Waals surface area contributed by atoms with Crippen LogP contribution in [0.1, 0.15) is 33.6 Å². The summed E-state index contributed by atoms with van der Waals surface area (Å²) in [7, 11) is 0. The molecule has 0 radical (unpaired) electrons. The Morgan fingerprint density at radius 2 is 2.14 bits per heavy atom. The van der Waals surface area contributed by atoms with Crippen molar-refractivity contribution in [3.05, 3.63) is 12.2 Å². The minimum Gasteiger partial charge on any atom is -0.293 e. The Kier molecular flexibility index (Phi) is 1.45. The third kappa shape index (κ3) is 0.770. The first-order chi connectivity index (χ1) is 6.48. The summed E-state index contributed by atoms with van der Waals surface area (Å²) in [6, 6.07) is 0. The SMILES string of the molecule is C=C1CCN2C[C@@H]3C[C@@H]3C12C(C)(C)C. The molecule has 0 spiro atoms. The van der Waals surface area contributed by atoms with Crippen molar-refractivity contribution in [1.82, 2.24) is 4.90 Å². The lowest BCUT2D eigenvalue weighted by atomic mass is 9.67. The average molecular weight is 191 g/mol. The molecule has 3 rings (SSSR count). The van der Waals surface area contributed by atoms with Gasteiger partial charge in [0.15, 0.2) is 0 Å². The highest BCUT2D eigenvalue weighted by Gasteiger charge is 2.68. The molecule has 1 nitrogen and oxygen atoms in total. The first-order valence-electron chi connectivity index (χ1n) is 5.91. The fourth-order valence-electron chi connectivity index (χ4n) is 4.40. The van der Waals surface area contributed by atoms with Crippen molar-refractivity contribution in [2.24, 2.45) is 17.3 Å². The van der Waals surface area contributed by atoms with Gasteiger partial charge in [-0.05, 0) is 30.1 Å². The van der Waals surface area contributed by atoms with Crippen LogP contribution in [0, 0.1) is 17.3 Å². The van der Waals surface area contributed by atoms with Gasteiger partial charge >= 0.3 is 0 Å². The molecule has 1 unspecified atom stereocenters. The lowest BCUT2D eigenvalue weighted by Gasteiger charge is -2.47.